The highest BCUT2D eigenvalue weighted by molar-refractivity contribution is 7.15. The maximum absolute atomic E-state index is 5.58. The van der Waals surface area contributed by atoms with Crippen LogP contribution in [0.2, 0.25) is 0 Å². The number of hydrogen-bond donors (Lipinski definition) is 1. The monoisotopic (exact) mass is 221 g/mol. The van der Waals surface area contributed by atoms with E-state index in [1.165, 1.54) is 15.3 Å². The van der Waals surface area contributed by atoms with Crippen LogP contribution in [-0.4, -0.2) is 9.78 Å². The Morgan fingerprint density at radius 3 is 3.00 bits per heavy atom. The van der Waals surface area contributed by atoms with Crippen molar-refractivity contribution in [2.45, 2.75) is 26.4 Å². The van der Waals surface area contributed by atoms with Crippen molar-refractivity contribution in [3.63, 3.8) is 0 Å². The molecule has 0 amide bonds. The molecule has 0 spiro atoms. The van der Waals surface area contributed by atoms with Crippen LogP contribution in [0.5, 0.6) is 0 Å². The summed E-state index contributed by atoms with van der Waals surface area (Å²) in [6.45, 7) is 3.75. The first kappa shape index (κ1) is 10.4. The molecule has 0 fully saturated rings. The van der Waals surface area contributed by atoms with E-state index >= 15 is 0 Å². The van der Waals surface area contributed by atoms with Gasteiger partial charge in [0, 0.05) is 34.6 Å². The van der Waals surface area contributed by atoms with Gasteiger partial charge in [-0.3, -0.25) is 4.68 Å². The summed E-state index contributed by atoms with van der Waals surface area (Å²) in [4.78, 5) is 2.46. The fraction of sp³-hybridized carbons (Fsp3) is 0.364. The number of rotatable bonds is 4. The van der Waals surface area contributed by atoms with Gasteiger partial charge in [0.05, 0.1) is 6.20 Å². The van der Waals surface area contributed by atoms with Gasteiger partial charge in [-0.05, 0) is 18.6 Å². The SMILES string of the molecule is CCCn1cc(-c2ccc(CN)s2)cn1. The lowest BCUT2D eigenvalue weighted by molar-refractivity contribution is 0.603. The van der Waals surface area contributed by atoms with Gasteiger partial charge in [0.25, 0.3) is 0 Å². The minimum atomic E-state index is 0.619. The number of aryl methyl sites for hydroxylation is 1. The summed E-state index contributed by atoms with van der Waals surface area (Å²) in [6, 6.07) is 4.19. The first-order valence-electron chi connectivity index (χ1n) is 5.15. The molecule has 0 aliphatic rings. The normalized spacial score (nSPS) is 10.8. The maximum Gasteiger partial charge on any atom is 0.0576 e. The van der Waals surface area contributed by atoms with Crippen LogP contribution in [-0.2, 0) is 13.1 Å². The van der Waals surface area contributed by atoms with Crippen LogP contribution in [0.25, 0.3) is 10.4 Å². The number of aromatic nitrogens is 2. The van der Waals surface area contributed by atoms with Gasteiger partial charge < -0.3 is 5.73 Å². The van der Waals surface area contributed by atoms with E-state index in [0.29, 0.717) is 6.54 Å². The zero-order valence-corrected chi connectivity index (χ0v) is 9.63. The van der Waals surface area contributed by atoms with Crippen LogP contribution in [0, 0.1) is 0 Å². The first-order valence-corrected chi connectivity index (χ1v) is 5.96. The third-order valence-corrected chi connectivity index (χ3v) is 3.39. The number of thiophene rings is 1. The predicted octanol–water partition coefficient (Wildman–Crippen LogP) is 2.48. The quantitative estimate of drug-likeness (QED) is 0.862. The van der Waals surface area contributed by atoms with Gasteiger partial charge in [-0.15, -0.1) is 11.3 Å². The van der Waals surface area contributed by atoms with Crippen LogP contribution >= 0.6 is 11.3 Å². The zero-order chi connectivity index (χ0) is 10.7. The molecule has 2 aromatic rings. The van der Waals surface area contributed by atoms with Crippen molar-refractivity contribution >= 4 is 11.3 Å². The van der Waals surface area contributed by atoms with Crippen molar-refractivity contribution < 1.29 is 0 Å². The van der Waals surface area contributed by atoms with Crippen LogP contribution in [0.15, 0.2) is 24.5 Å². The van der Waals surface area contributed by atoms with Crippen LogP contribution in [0.3, 0.4) is 0 Å². The number of nitrogens with zero attached hydrogens (tertiary/aromatic N) is 2. The van der Waals surface area contributed by atoms with E-state index in [-0.39, 0.29) is 0 Å². The van der Waals surface area contributed by atoms with Crippen LogP contribution in [0.1, 0.15) is 18.2 Å². The molecule has 0 bridgehead atoms. The Kier molecular flexibility index (Phi) is 3.18. The van der Waals surface area contributed by atoms with Gasteiger partial charge in [-0.2, -0.15) is 5.10 Å². The van der Waals surface area contributed by atoms with Crippen molar-refractivity contribution in [1.82, 2.24) is 9.78 Å². The Morgan fingerprint density at radius 1 is 1.47 bits per heavy atom. The van der Waals surface area contributed by atoms with Crippen LogP contribution in [0.4, 0.5) is 0 Å². The highest BCUT2D eigenvalue weighted by Gasteiger charge is 2.04. The van der Waals surface area contributed by atoms with Crippen molar-refractivity contribution in [2.24, 2.45) is 5.73 Å². The molecule has 80 valence electrons. The van der Waals surface area contributed by atoms with Crippen molar-refractivity contribution in [1.29, 1.82) is 0 Å². The second kappa shape index (κ2) is 4.59. The largest absolute Gasteiger partial charge is 0.326 e. The third-order valence-electron chi connectivity index (χ3n) is 2.23. The van der Waals surface area contributed by atoms with Crippen molar-refractivity contribution in [3.8, 4) is 10.4 Å². The highest BCUT2D eigenvalue weighted by atomic mass is 32.1. The molecule has 4 heteroatoms. The van der Waals surface area contributed by atoms with Crippen molar-refractivity contribution in [3.05, 3.63) is 29.4 Å². The van der Waals surface area contributed by atoms with Crippen LogP contribution < -0.4 is 5.73 Å². The molecule has 2 aromatic heterocycles. The fourth-order valence-electron chi connectivity index (χ4n) is 1.48. The molecule has 0 unspecified atom stereocenters. The van der Waals surface area contributed by atoms with E-state index in [4.69, 9.17) is 5.73 Å². The predicted molar refractivity (Wildman–Crippen MR) is 63.7 cm³/mol. The number of nitrogens with two attached hydrogens (primary N) is 1. The Labute approximate surface area is 93.5 Å². The lowest BCUT2D eigenvalue weighted by atomic mass is 10.3. The highest BCUT2D eigenvalue weighted by Crippen LogP contribution is 2.27. The summed E-state index contributed by atoms with van der Waals surface area (Å²) in [7, 11) is 0. The average Bonchev–Trinajstić information content (AvgIpc) is 2.85. The summed E-state index contributed by atoms with van der Waals surface area (Å²) in [6.07, 6.45) is 5.12. The molecule has 0 saturated heterocycles. The second-order valence-electron chi connectivity index (χ2n) is 3.46. The Bertz CT molecular complexity index is 430. The summed E-state index contributed by atoms with van der Waals surface area (Å²) in [5.41, 5.74) is 6.77. The van der Waals surface area contributed by atoms with E-state index in [9.17, 15) is 0 Å². The van der Waals surface area contributed by atoms with Gasteiger partial charge in [0.1, 0.15) is 0 Å². The summed E-state index contributed by atoms with van der Waals surface area (Å²) in [5, 5.41) is 4.31. The minimum absolute atomic E-state index is 0.619. The van der Waals surface area contributed by atoms with E-state index in [1.807, 2.05) is 10.9 Å². The first-order chi connectivity index (χ1) is 7.33. The molecule has 2 N–H and O–H groups in total. The molecule has 0 radical (unpaired) electrons. The summed E-state index contributed by atoms with van der Waals surface area (Å²) < 4.78 is 1.98. The molecule has 0 saturated carbocycles. The second-order valence-corrected chi connectivity index (χ2v) is 4.63. The number of hydrogen-bond acceptors (Lipinski definition) is 3. The van der Waals surface area contributed by atoms with E-state index in [0.717, 1.165) is 13.0 Å². The fourth-order valence-corrected chi connectivity index (χ4v) is 2.35. The molecule has 3 nitrogen and oxygen atoms in total. The molecule has 0 aliphatic heterocycles. The van der Waals surface area contributed by atoms with Gasteiger partial charge in [0.2, 0.25) is 0 Å². The standard InChI is InChI=1S/C11H15N3S/c1-2-5-14-8-9(7-13-14)11-4-3-10(6-12)15-11/h3-4,7-8H,2,5-6,12H2,1H3. The Balaban J connectivity index is 2.21. The smallest absolute Gasteiger partial charge is 0.0576 e. The van der Waals surface area contributed by atoms with Gasteiger partial charge in [-0.25, -0.2) is 0 Å². The molecule has 0 atom stereocenters. The molecular weight excluding hydrogens is 206 g/mol. The Morgan fingerprint density at radius 2 is 2.33 bits per heavy atom. The minimum Gasteiger partial charge on any atom is -0.326 e. The molecule has 2 rings (SSSR count). The van der Waals surface area contributed by atoms with Gasteiger partial charge >= 0.3 is 0 Å². The van der Waals surface area contributed by atoms with E-state index in [2.05, 4.69) is 30.4 Å². The maximum atomic E-state index is 5.58. The average molecular weight is 221 g/mol. The summed E-state index contributed by atoms with van der Waals surface area (Å²) in [5.74, 6) is 0. The van der Waals surface area contributed by atoms with Gasteiger partial charge in [-0.1, -0.05) is 6.92 Å². The van der Waals surface area contributed by atoms with Crippen molar-refractivity contribution in [2.75, 3.05) is 0 Å². The lowest BCUT2D eigenvalue weighted by Crippen LogP contribution is -1.95. The topological polar surface area (TPSA) is 43.8 Å². The zero-order valence-electron chi connectivity index (χ0n) is 8.81. The lowest BCUT2D eigenvalue weighted by Gasteiger charge is -1.94. The third kappa shape index (κ3) is 2.27. The molecule has 0 aromatic carbocycles. The van der Waals surface area contributed by atoms with E-state index in [1.54, 1.807) is 11.3 Å². The van der Waals surface area contributed by atoms with E-state index < -0.39 is 0 Å². The summed E-state index contributed by atoms with van der Waals surface area (Å²) >= 11 is 1.74. The molecule has 15 heavy (non-hydrogen) atoms. The van der Waals surface area contributed by atoms with Gasteiger partial charge in [0.15, 0.2) is 0 Å². The molecular formula is C11H15N3S. The Hall–Kier alpha value is -1.13. The molecule has 0 aliphatic carbocycles. The molecule has 2 heterocycles.